The monoisotopic (exact) mass is 310 g/mol. The van der Waals surface area contributed by atoms with E-state index in [2.05, 4.69) is 4.72 Å². The Hall–Kier alpha value is -1.91. The predicted octanol–water partition coefficient (Wildman–Crippen LogP) is 1.64. The third-order valence-corrected chi connectivity index (χ3v) is 4.53. The second-order valence-electron chi connectivity index (χ2n) is 5.23. The number of carboxylic acids is 1. The highest BCUT2D eigenvalue weighted by Gasteiger charge is 2.27. The lowest BCUT2D eigenvalue weighted by molar-refractivity contribution is -0.139. The normalized spacial score (nSPS) is 12.9. The Labute approximate surface area is 124 Å². The number of sulfonamides is 1. The van der Waals surface area contributed by atoms with Crippen molar-refractivity contribution in [1.82, 2.24) is 4.72 Å². The molecule has 7 heteroatoms. The molecule has 0 aliphatic heterocycles. The fraction of sp³-hybridized carbons (Fsp3) is 0.429. The summed E-state index contributed by atoms with van der Waals surface area (Å²) < 4.78 is 26.8. The minimum absolute atomic E-state index is 0.0171. The molecule has 2 N–H and O–H groups in total. The number of aliphatic carboxylic acids is 1. The summed E-state index contributed by atoms with van der Waals surface area (Å²) in [5.74, 6) is -1.17. The highest BCUT2D eigenvalue weighted by Crippen LogP contribution is 2.18. The number of hydrogen-bond acceptors (Lipinski definition) is 4. The third kappa shape index (κ3) is 4.55. The van der Waals surface area contributed by atoms with E-state index in [0.29, 0.717) is 11.1 Å². The zero-order valence-corrected chi connectivity index (χ0v) is 12.9. The first-order valence-corrected chi connectivity index (χ1v) is 7.91. The Morgan fingerprint density at radius 1 is 1.43 bits per heavy atom. The van der Waals surface area contributed by atoms with Crippen LogP contribution in [0.3, 0.4) is 0 Å². The maximum atomic E-state index is 12.3. The number of nitrogens with zero attached hydrogens (tertiary/aromatic N) is 1. The molecule has 6 nitrogen and oxygen atoms in total. The van der Waals surface area contributed by atoms with Crippen LogP contribution in [0.1, 0.15) is 31.4 Å². The Morgan fingerprint density at radius 2 is 2.05 bits per heavy atom. The number of nitrogens with one attached hydrogen (secondary N) is 1. The first-order chi connectivity index (χ1) is 9.67. The van der Waals surface area contributed by atoms with Gasteiger partial charge in [0.25, 0.3) is 0 Å². The Balaban J connectivity index is 3.11. The van der Waals surface area contributed by atoms with Gasteiger partial charge in [-0.05, 0) is 43.0 Å². The fourth-order valence-electron chi connectivity index (χ4n) is 1.94. The van der Waals surface area contributed by atoms with Gasteiger partial charge < -0.3 is 5.11 Å². The number of rotatable bonds is 6. The maximum Gasteiger partial charge on any atom is 0.321 e. The van der Waals surface area contributed by atoms with E-state index in [4.69, 9.17) is 10.4 Å². The van der Waals surface area contributed by atoms with Crippen molar-refractivity contribution in [3.8, 4) is 6.07 Å². The molecule has 1 aromatic carbocycles. The molecule has 0 radical (unpaired) electrons. The second kappa shape index (κ2) is 6.70. The number of aryl methyl sites for hydroxylation is 1. The number of carbonyl (C=O) groups is 1. The Morgan fingerprint density at radius 3 is 2.48 bits per heavy atom. The number of nitriles is 1. The van der Waals surface area contributed by atoms with Crippen LogP contribution >= 0.6 is 0 Å². The first-order valence-electron chi connectivity index (χ1n) is 6.43. The van der Waals surface area contributed by atoms with Crippen LogP contribution in [0.2, 0.25) is 0 Å². The van der Waals surface area contributed by atoms with E-state index in [0.717, 1.165) is 0 Å². The quantitative estimate of drug-likeness (QED) is 0.830. The molecule has 0 amide bonds. The lowest BCUT2D eigenvalue weighted by atomic mass is 10.1. The van der Waals surface area contributed by atoms with Gasteiger partial charge in [0.15, 0.2) is 0 Å². The summed E-state index contributed by atoms with van der Waals surface area (Å²) in [5.41, 5.74) is 0.749. The Bertz CT molecular complexity index is 675. The van der Waals surface area contributed by atoms with E-state index in [9.17, 15) is 13.2 Å². The van der Waals surface area contributed by atoms with Crippen LogP contribution in [0.15, 0.2) is 23.1 Å². The molecule has 0 aromatic heterocycles. The molecule has 0 spiro atoms. The molecule has 0 aliphatic rings. The molecule has 1 atom stereocenters. The largest absolute Gasteiger partial charge is 0.480 e. The zero-order chi connectivity index (χ0) is 16.2. The van der Waals surface area contributed by atoms with E-state index in [1.54, 1.807) is 6.92 Å². The van der Waals surface area contributed by atoms with Gasteiger partial charge in [-0.1, -0.05) is 13.8 Å². The minimum Gasteiger partial charge on any atom is -0.480 e. The summed E-state index contributed by atoms with van der Waals surface area (Å²) in [7, 11) is -3.95. The van der Waals surface area contributed by atoms with Gasteiger partial charge in [-0.2, -0.15) is 9.98 Å². The molecule has 0 bridgehead atoms. The predicted molar refractivity (Wildman–Crippen MR) is 77.1 cm³/mol. The molecule has 1 aromatic rings. The standard InChI is InChI=1S/C14H18N2O4S/c1-9(2)6-12(14(17)18)16-21(19,20)13-5-4-11(8-15)7-10(13)3/h4-5,7,9,12,16H,6H2,1-3H3,(H,17,18)/t12-/m1/s1. The van der Waals surface area contributed by atoms with Crippen molar-refractivity contribution in [1.29, 1.82) is 5.26 Å². The minimum atomic E-state index is -3.95. The van der Waals surface area contributed by atoms with Crippen LogP contribution in [0, 0.1) is 24.2 Å². The van der Waals surface area contributed by atoms with Gasteiger partial charge >= 0.3 is 5.97 Å². The molecule has 1 rings (SSSR count). The number of benzene rings is 1. The maximum absolute atomic E-state index is 12.3. The lowest BCUT2D eigenvalue weighted by Crippen LogP contribution is -2.41. The average Bonchev–Trinajstić information content (AvgIpc) is 2.36. The van der Waals surface area contributed by atoms with Gasteiger partial charge in [0.2, 0.25) is 10.0 Å². The van der Waals surface area contributed by atoms with Gasteiger partial charge in [-0.25, -0.2) is 8.42 Å². The van der Waals surface area contributed by atoms with Crippen molar-refractivity contribution in [2.24, 2.45) is 5.92 Å². The van der Waals surface area contributed by atoms with Crippen LogP contribution in [0.5, 0.6) is 0 Å². The lowest BCUT2D eigenvalue weighted by Gasteiger charge is -2.17. The molecule has 0 saturated heterocycles. The Kier molecular flexibility index (Phi) is 5.47. The summed E-state index contributed by atoms with van der Waals surface area (Å²) in [6.45, 7) is 5.20. The van der Waals surface area contributed by atoms with Crippen LogP contribution in [-0.4, -0.2) is 25.5 Å². The average molecular weight is 310 g/mol. The van der Waals surface area contributed by atoms with Crippen molar-refractivity contribution in [3.05, 3.63) is 29.3 Å². The van der Waals surface area contributed by atoms with Crippen molar-refractivity contribution >= 4 is 16.0 Å². The van der Waals surface area contributed by atoms with Crippen LogP contribution in [0.4, 0.5) is 0 Å². The van der Waals surface area contributed by atoms with E-state index in [1.807, 2.05) is 19.9 Å². The van der Waals surface area contributed by atoms with E-state index in [-0.39, 0.29) is 17.2 Å². The van der Waals surface area contributed by atoms with E-state index < -0.39 is 22.0 Å². The molecule has 21 heavy (non-hydrogen) atoms. The SMILES string of the molecule is Cc1cc(C#N)ccc1S(=O)(=O)N[C@H](CC(C)C)C(=O)O. The summed E-state index contributed by atoms with van der Waals surface area (Å²) in [5, 5.41) is 17.9. The highest BCUT2D eigenvalue weighted by atomic mass is 32.2. The van der Waals surface area contributed by atoms with E-state index in [1.165, 1.54) is 18.2 Å². The first kappa shape index (κ1) is 17.1. The van der Waals surface area contributed by atoms with Crippen molar-refractivity contribution in [2.45, 2.75) is 38.1 Å². The molecular weight excluding hydrogens is 292 g/mol. The van der Waals surface area contributed by atoms with Crippen LogP contribution in [0.25, 0.3) is 0 Å². The molecule has 0 fully saturated rings. The molecule has 0 unspecified atom stereocenters. The van der Waals surface area contributed by atoms with Crippen molar-refractivity contribution in [3.63, 3.8) is 0 Å². The van der Waals surface area contributed by atoms with Crippen molar-refractivity contribution < 1.29 is 18.3 Å². The number of carboxylic acid groups (broad SMARTS) is 1. The van der Waals surface area contributed by atoms with Crippen molar-refractivity contribution in [2.75, 3.05) is 0 Å². The topological polar surface area (TPSA) is 107 Å². The molecular formula is C14H18N2O4S. The van der Waals surface area contributed by atoms with Gasteiger partial charge in [0.05, 0.1) is 16.5 Å². The summed E-state index contributed by atoms with van der Waals surface area (Å²) >= 11 is 0. The van der Waals surface area contributed by atoms with Crippen LogP contribution in [-0.2, 0) is 14.8 Å². The summed E-state index contributed by atoms with van der Waals surface area (Å²) in [6, 6.07) is 4.90. The van der Waals surface area contributed by atoms with Crippen LogP contribution < -0.4 is 4.72 Å². The van der Waals surface area contributed by atoms with Gasteiger partial charge in [-0.15, -0.1) is 0 Å². The van der Waals surface area contributed by atoms with Gasteiger partial charge in [0.1, 0.15) is 6.04 Å². The number of hydrogen-bond donors (Lipinski definition) is 2. The summed E-state index contributed by atoms with van der Waals surface area (Å²) in [6.07, 6.45) is 0.198. The molecule has 114 valence electrons. The third-order valence-electron chi connectivity index (χ3n) is 2.90. The van der Waals surface area contributed by atoms with Gasteiger partial charge in [0, 0.05) is 0 Å². The van der Waals surface area contributed by atoms with Gasteiger partial charge in [-0.3, -0.25) is 4.79 Å². The fourth-order valence-corrected chi connectivity index (χ4v) is 3.37. The molecule has 0 heterocycles. The highest BCUT2D eigenvalue weighted by molar-refractivity contribution is 7.89. The second-order valence-corrected chi connectivity index (χ2v) is 6.92. The summed E-state index contributed by atoms with van der Waals surface area (Å²) in [4.78, 5) is 11.1. The zero-order valence-electron chi connectivity index (χ0n) is 12.1. The molecule has 0 aliphatic carbocycles. The smallest absolute Gasteiger partial charge is 0.321 e. The van der Waals surface area contributed by atoms with E-state index >= 15 is 0 Å². The molecule has 0 saturated carbocycles.